The average Bonchev–Trinajstić information content (AvgIpc) is 1.13. The van der Waals surface area contributed by atoms with Crippen molar-refractivity contribution < 1.29 is 102 Å². The van der Waals surface area contributed by atoms with Gasteiger partial charge in [0.1, 0.15) is 48.0 Å². The number of hydrazine groups is 1. The van der Waals surface area contributed by atoms with Crippen molar-refractivity contribution in [1.82, 2.24) is 89.5 Å². The molecular weight excluding hydrogens is 1730 g/mol. The minimum Gasteiger partial charge on any atom is -0.481 e. The molecule has 4 heterocycles. The summed E-state index contributed by atoms with van der Waals surface area (Å²) in [6, 6.07) is 25.4. The van der Waals surface area contributed by atoms with Crippen LogP contribution in [0.15, 0.2) is 145 Å². The molecule has 42 nitrogen and oxygen atoms in total. The molecule has 1 fully saturated rings. The molecule has 7 aromatic rings. The number of hydrogen-bond acceptors (Lipinski definition) is 25. The maximum absolute atomic E-state index is 14.9. The highest BCUT2D eigenvalue weighted by atomic mass is 32.2. The van der Waals surface area contributed by atoms with Crippen LogP contribution >= 0.6 is 11.8 Å². The molecule has 0 spiro atoms. The van der Waals surface area contributed by atoms with E-state index in [-0.39, 0.29) is 76.4 Å². The van der Waals surface area contributed by atoms with E-state index < -0.39 is 194 Å². The zero-order chi connectivity index (χ0) is 95.6. The Morgan fingerprint density at radius 2 is 1.14 bits per heavy atom. The number of aromatic amines is 2. The van der Waals surface area contributed by atoms with Crippen LogP contribution in [0.25, 0.3) is 33.2 Å². The van der Waals surface area contributed by atoms with Gasteiger partial charge in [0.15, 0.2) is 0 Å². The molecule has 0 saturated carbocycles. The average molecular weight is 1850 g/mol. The van der Waals surface area contributed by atoms with Crippen LogP contribution in [0, 0.1) is 5.53 Å². The third-order valence-electron chi connectivity index (χ3n) is 21.6. The largest absolute Gasteiger partial charge is 0.481 e. The number of carboxylic acid groups (broad SMARTS) is 4. The number of nitrogens with one attached hydrogen (secondary N) is 17. The third-order valence-corrected chi connectivity index (χ3v) is 22.9. The van der Waals surface area contributed by atoms with Gasteiger partial charge >= 0.3 is 29.9 Å². The molecule has 706 valence electrons. The van der Waals surface area contributed by atoms with Crippen LogP contribution in [0.1, 0.15) is 112 Å². The number of ether oxygens (including phenoxy) is 1. The number of rotatable bonds is 54. The van der Waals surface area contributed by atoms with Crippen LogP contribution in [0.2, 0.25) is 0 Å². The first kappa shape index (κ1) is 102. The highest BCUT2D eigenvalue weighted by Crippen LogP contribution is 2.38. The van der Waals surface area contributed by atoms with Gasteiger partial charge in [-0.05, 0) is 86.5 Å². The normalized spacial score (nSPS) is 15.2. The maximum Gasteiger partial charge on any atom is 0.327 e. The van der Waals surface area contributed by atoms with Crippen LogP contribution in [0.5, 0.6) is 0 Å². The van der Waals surface area contributed by atoms with E-state index in [1.807, 2.05) is 59.2 Å². The van der Waals surface area contributed by atoms with E-state index in [2.05, 4.69) is 107 Å². The molecule has 1 saturated heterocycles. The minimum atomic E-state index is -1.75. The van der Waals surface area contributed by atoms with Gasteiger partial charge in [-0.15, -0.1) is 11.8 Å². The van der Waals surface area contributed by atoms with Crippen LogP contribution in [-0.2, 0) is 102 Å². The predicted octanol–water partition coefficient (Wildman–Crippen LogP) is 1.26. The van der Waals surface area contributed by atoms with E-state index in [9.17, 15) is 92.0 Å². The second kappa shape index (κ2) is 50.2. The summed E-state index contributed by atoms with van der Waals surface area (Å²) in [5.41, 5.74) is 25.7. The quantitative estimate of drug-likeness (QED) is 0.0110. The molecule has 5 aromatic carbocycles. The van der Waals surface area contributed by atoms with Gasteiger partial charge in [-0.2, -0.15) is 5.11 Å². The number of benzene rings is 5. The van der Waals surface area contributed by atoms with E-state index >= 15 is 0 Å². The van der Waals surface area contributed by atoms with Crippen molar-refractivity contribution in [1.29, 1.82) is 5.53 Å². The molecule has 23 N–H and O–H groups in total. The SMILES string of the molecule is CC(C)NCCC(C)(C)NCCN/C1=C(\N=N)c2ccccc2CN(C(=O)CCNC(=O)CCOCCNC(=O)[C@@H](CN)N2C(=O)CC(SCC(NC(=O)CNC(=O)C(Cc3c[nH]c4ccccc34)NC(=O)C(Cc3c[nH]c4ccccc34)NC(=O)CNC(=O)C(Cc3ccccc3)NNC(=O)CC[C@H](NC(=O)N[C@@H](CCC(=O)O)C(=O)O)C(=O)O)C(=O)O)C2=O)c2ccccc21. The van der Waals surface area contributed by atoms with Crippen LogP contribution in [0.4, 0.5) is 10.5 Å². The minimum absolute atomic E-state index is 0.00575. The van der Waals surface area contributed by atoms with Crippen molar-refractivity contribution in [2.75, 3.05) is 76.2 Å². The smallest absolute Gasteiger partial charge is 0.327 e. The molecule has 8 atom stereocenters. The Morgan fingerprint density at radius 3 is 1.76 bits per heavy atom. The van der Waals surface area contributed by atoms with Gasteiger partial charge in [-0.1, -0.05) is 123 Å². The number of nitrogens with two attached hydrogens (primary N) is 1. The van der Waals surface area contributed by atoms with Crippen molar-refractivity contribution in [3.63, 3.8) is 0 Å². The van der Waals surface area contributed by atoms with Crippen molar-refractivity contribution in [3.8, 4) is 0 Å². The number of aliphatic carboxylic acids is 4. The van der Waals surface area contributed by atoms with Crippen LogP contribution < -0.4 is 85.3 Å². The van der Waals surface area contributed by atoms with Gasteiger partial charge in [-0.25, -0.2) is 30.1 Å². The predicted molar refractivity (Wildman–Crippen MR) is 485 cm³/mol. The highest BCUT2D eigenvalue weighted by Gasteiger charge is 2.45. The Bertz CT molecular complexity index is 5340. The second-order valence-corrected chi connectivity index (χ2v) is 33.5. The van der Waals surface area contributed by atoms with E-state index in [4.69, 9.17) is 21.1 Å². The lowest BCUT2D eigenvalue weighted by atomic mass is 9.95. The molecule has 2 aliphatic heterocycles. The number of carboxylic acids is 4. The van der Waals surface area contributed by atoms with Crippen molar-refractivity contribution in [3.05, 3.63) is 173 Å². The number of thioether (sulfide) groups is 1. The number of carbonyl (C=O) groups excluding carboxylic acids is 12. The topological polar surface area (TPSA) is 632 Å². The number of carbonyl (C=O) groups is 16. The Balaban J connectivity index is 0.746. The van der Waals surface area contributed by atoms with Gasteiger partial charge < -0.3 is 110 Å². The summed E-state index contributed by atoms with van der Waals surface area (Å²) in [6.45, 7) is 8.11. The molecule has 0 bridgehead atoms. The highest BCUT2D eigenvalue weighted by molar-refractivity contribution is 8.00. The fourth-order valence-electron chi connectivity index (χ4n) is 14.7. The third kappa shape index (κ3) is 30.6. The number of hydrogen-bond donors (Lipinski definition) is 22. The molecule has 0 aliphatic carbocycles. The van der Waals surface area contributed by atoms with Gasteiger partial charge in [0, 0.05) is 140 Å². The molecule has 5 unspecified atom stereocenters. The number of aromatic nitrogens is 2. The lowest BCUT2D eigenvalue weighted by molar-refractivity contribution is -0.146. The molecule has 13 amide bonds. The fraction of sp³-hybridized carbons (Fsp3) is 0.416. The lowest BCUT2D eigenvalue weighted by Gasteiger charge is -2.31. The molecule has 2 aromatic heterocycles. The summed E-state index contributed by atoms with van der Waals surface area (Å²) in [6.07, 6.45) is 0.619. The van der Waals surface area contributed by atoms with E-state index in [1.54, 1.807) is 96.2 Å². The lowest BCUT2D eigenvalue weighted by Crippen LogP contribution is -2.57. The number of anilines is 1. The molecule has 132 heavy (non-hydrogen) atoms. The number of urea groups is 1. The number of para-hydroxylation sites is 3. The Kier molecular flexibility index (Phi) is 38.7. The van der Waals surface area contributed by atoms with Crippen LogP contribution in [0.3, 0.4) is 0 Å². The molecule has 43 heteroatoms. The van der Waals surface area contributed by atoms with Gasteiger partial charge in [0.05, 0.1) is 49.5 Å². The number of imide groups is 1. The van der Waals surface area contributed by atoms with Crippen molar-refractivity contribution in [2.24, 2.45) is 10.8 Å². The van der Waals surface area contributed by atoms with E-state index in [1.165, 1.54) is 0 Å². The molecular formula is C89H113N21O21S. The number of H-pyrrole nitrogens is 2. The summed E-state index contributed by atoms with van der Waals surface area (Å²) in [7, 11) is 0. The molecule has 9 rings (SSSR count). The summed E-state index contributed by atoms with van der Waals surface area (Å²) in [4.78, 5) is 221. The number of likely N-dealkylation sites (tertiary alicyclic amines) is 1. The van der Waals surface area contributed by atoms with E-state index in [0.717, 1.165) is 18.5 Å². The van der Waals surface area contributed by atoms with Crippen molar-refractivity contribution >= 4 is 146 Å². The number of fused-ring (bicyclic) bond motifs is 4. The van der Waals surface area contributed by atoms with Gasteiger partial charge in [0.25, 0.3) is 0 Å². The Morgan fingerprint density at radius 1 is 0.568 bits per heavy atom. The van der Waals surface area contributed by atoms with E-state index in [0.29, 0.717) is 102 Å². The maximum atomic E-state index is 14.9. The Hall–Kier alpha value is -14.0. The first-order chi connectivity index (χ1) is 63.2. The summed E-state index contributed by atoms with van der Waals surface area (Å²) in [5, 5.41) is 75.2. The number of nitrogens with zero attached hydrogens (tertiary/aromatic N) is 3. The second-order valence-electron chi connectivity index (χ2n) is 32.2. The van der Waals surface area contributed by atoms with Crippen molar-refractivity contribution in [2.45, 2.75) is 164 Å². The summed E-state index contributed by atoms with van der Waals surface area (Å²) in [5.74, 6) is -15.3. The zero-order valence-corrected chi connectivity index (χ0v) is 74.1. The Labute approximate surface area is 763 Å². The van der Waals surface area contributed by atoms with Crippen LogP contribution in [-0.4, -0.2) is 261 Å². The molecule has 0 radical (unpaired) electrons. The molecule has 2 aliphatic rings. The first-order valence-electron chi connectivity index (χ1n) is 42.9. The van der Waals surface area contributed by atoms with Gasteiger partial charge in [0.2, 0.25) is 65.0 Å². The first-order valence-corrected chi connectivity index (χ1v) is 44.0. The number of amides is 13. The summed E-state index contributed by atoms with van der Waals surface area (Å²) >= 11 is 0.707. The monoisotopic (exact) mass is 1840 g/mol. The van der Waals surface area contributed by atoms with Gasteiger partial charge in [-0.3, -0.25) is 67.9 Å². The summed E-state index contributed by atoms with van der Waals surface area (Å²) < 4.78 is 5.62. The standard InChI is InChI=1S/C89H113N21O21S/c1-51(2)92-34-32-89(3,4)100-36-35-94-78-59-22-12-15-25-68(59)109(49-53-18-8-9-21-58(53)79(78)106-91)75(115)30-33-93-71(111)31-38-131-39-37-95-83(122)69(44-90)110-76(116)43-70(84(110)123)132-50-67(87(128)129)102-74(114)48-98-80(119)64(41-54-45-96-60-23-13-10-19-56(54)60)103-82(121)65(42-55-46-97-61-24-14-11-20-57(55)61)101-73(113)47-99-81(120)66(40-52-16-6-5-7-17-52)107-108-72(112)28-26-62(85(124)125)104-88(130)105-63(86(126)127)27-29-77(117)118/h5-25,45-46,51,62-67,69-70,91-92,94,96-97,100,107H,26-44,47-50,90H2,1-4H3,(H,93,111)(H,95,122)(H,98,119)(H,99,120)(H,101,113)(H,102,114)(H,103,121)(H,108,112)(H,117,118)(H,124,125)(H,126,127)(H,128,129)(H2,104,105,130)/b79-78-,106-91?/t62-,63-,64?,65?,66?,67?,69+,70?/m0/s1. The fourth-order valence-corrected chi connectivity index (χ4v) is 15.8. The zero-order valence-electron chi connectivity index (χ0n) is 73.3.